The average molecular weight is 277 g/mol. The average Bonchev–Trinajstić information content (AvgIpc) is 2.41. The van der Waals surface area contributed by atoms with E-state index in [0.29, 0.717) is 6.61 Å². The Morgan fingerprint density at radius 1 is 1.42 bits per heavy atom. The Kier molecular flexibility index (Phi) is 4.74. The van der Waals surface area contributed by atoms with E-state index in [2.05, 4.69) is 10.5 Å². The summed E-state index contributed by atoms with van der Waals surface area (Å²) in [6.07, 6.45) is 6.36. The van der Waals surface area contributed by atoms with Crippen molar-refractivity contribution in [2.24, 2.45) is 10.8 Å². The van der Waals surface area contributed by atoms with E-state index in [-0.39, 0.29) is 5.11 Å². The van der Waals surface area contributed by atoms with Crippen molar-refractivity contribution in [1.29, 1.82) is 0 Å². The van der Waals surface area contributed by atoms with Crippen molar-refractivity contribution in [3.05, 3.63) is 28.8 Å². The number of nitrogens with two attached hydrogens (primary N) is 1. The van der Waals surface area contributed by atoms with Crippen molar-refractivity contribution in [1.82, 2.24) is 5.43 Å². The quantitative estimate of drug-likeness (QED) is 0.503. The molecular formula is C14H19N3OS. The Morgan fingerprint density at radius 3 is 2.84 bits per heavy atom. The first kappa shape index (κ1) is 13.8. The summed E-state index contributed by atoms with van der Waals surface area (Å²) < 4.78 is 5.70. The molecule has 0 amide bonds. The zero-order chi connectivity index (χ0) is 13.7. The van der Waals surface area contributed by atoms with Crippen molar-refractivity contribution in [2.45, 2.75) is 32.6 Å². The van der Waals surface area contributed by atoms with Crippen LogP contribution in [0.25, 0.3) is 0 Å². The zero-order valence-electron chi connectivity index (χ0n) is 11.1. The molecule has 2 rings (SSSR count). The van der Waals surface area contributed by atoms with E-state index in [1.165, 1.54) is 24.0 Å². The number of rotatable bonds is 4. The summed E-state index contributed by atoms with van der Waals surface area (Å²) in [6, 6.07) is 4.07. The third kappa shape index (κ3) is 3.44. The van der Waals surface area contributed by atoms with Crippen molar-refractivity contribution in [3.8, 4) is 5.75 Å². The first-order valence-corrected chi connectivity index (χ1v) is 6.99. The lowest BCUT2D eigenvalue weighted by molar-refractivity contribution is 0.334. The lowest BCUT2D eigenvalue weighted by Crippen LogP contribution is -2.24. The largest absolute Gasteiger partial charge is 0.494 e. The summed E-state index contributed by atoms with van der Waals surface area (Å²) in [4.78, 5) is 0. The molecule has 1 aromatic rings. The molecular weight excluding hydrogens is 258 g/mol. The molecule has 0 saturated carbocycles. The summed E-state index contributed by atoms with van der Waals surface area (Å²) in [5.74, 6) is 1.01. The number of hydrogen-bond donors (Lipinski definition) is 2. The van der Waals surface area contributed by atoms with Gasteiger partial charge in [-0.3, -0.25) is 5.43 Å². The Bertz CT molecular complexity index is 500. The Labute approximate surface area is 119 Å². The minimum atomic E-state index is 0.177. The van der Waals surface area contributed by atoms with E-state index in [1.54, 1.807) is 6.21 Å². The number of ether oxygens (including phenoxy) is 1. The molecule has 0 atom stereocenters. The molecule has 4 nitrogen and oxygen atoms in total. The highest BCUT2D eigenvalue weighted by Crippen LogP contribution is 2.31. The molecule has 0 unspecified atom stereocenters. The van der Waals surface area contributed by atoms with Crippen LogP contribution in [0.4, 0.5) is 0 Å². The number of benzene rings is 1. The Balaban J connectivity index is 2.29. The number of hydrazone groups is 1. The fourth-order valence-electron chi connectivity index (χ4n) is 2.44. The van der Waals surface area contributed by atoms with Crippen LogP contribution in [0.2, 0.25) is 0 Å². The summed E-state index contributed by atoms with van der Waals surface area (Å²) in [6.45, 7) is 2.71. The molecule has 102 valence electrons. The van der Waals surface area contributed by atoms with Crippen molar-refractivity contribution in [3.63, 3.8) is 0 Å². The molecule has 0 fully saturated rings. The van der Waals surface area contributed by atoms with Crippen LogP contribution in [0.5, 0.6) is 5.75 Å². The number of fused-ring (bicyclic) bond motifs is 1. The molecule has 5 heteroatoms. The monoisotopic (exact) mass is 277 g/mol. The highest BCUT2D eigenvalue weighted by Gasteiger charge is 2.16. The van der Waals surface area contributed by atoms with Crippen LogP contribution in [0.15, 0.2) is 17.2 Å². The van der Waals surface area contributed by atoms with Gasteiger partial charge < -0.3 is 10.5 Å². The lowest BCUT2D eigenvalue weighted by atomic mass is 9.88. The second kappa shape index (κ2) is 6.52. The highest BCUT2D eigenvalue weighted by atomic mass is 32.1. The van der Waals surface area contributed by atoms with Gasteiger partial charge in [0.2, 0.25) is 0 Å². The van der Waals surface area contributed by atoms with Crippen LogP contribution in [0, 0.1) is 0 Å². The normalized spacial score (nSPS) is 14.2. The van der Waals surface area contributed by atoms with Gasteiger partial charge in [0, 0.05) is 0 Å². The summed E-state index contributed by atoms with van der Waals surface area (Å²) >= 11 is 4.72. The molecule has 0 aliphatic heterocycles. The van der Waals surface area contributed by atoms with Gasteiger partial charge in [0.25, 0.3) is 0 Å². The molecule has 0 aromatic heterocycles. The maximum absolute atomic E-state index is 5.70. The molecule has 19 heavy (non-hydrogen) atoms. The van der Waals surface area contributed by atoms with E-state index in [4.69, 9.17) is 22.7 Å². The third-order valence-corrected chi connectivity index (χ3v) is 3.30. The van der Waals surface area contributed by atoms with Gasteiger partial charge in [-0.15, -0.1) is 0 Å². The molecule has 0 heterocycles. The van der Waals surface area contributed by atoms with E-state index in [1.807, 2.05) is 19.1 Å². The van der Waals surface area contributed by atoms with Crippen LogP contribution in [0.3, 0.4) is 0 Å². The van der Waals surface area contributed by atoms with Crippen molar-refractivity contribution in [2.75, 3.05) is 6.61 Å². The van der Waals surface area contributed by atoms with Crippen LogP contribution in [-0.4, -0.2) is 17.9 Å². The zero-order valence-corrected chi connectivity index (χ0v) is 11.9. The fourth-order valence-corrected chi connectivity index (χ4v) is 2.49. The minimum absolute atomic E-state index is 0.177. The van der Waals surface area contributed by atoms with Crippen LogP contribution in [-0.2, 0) is 12.8 Å². The van der Waals surface area contributed by atoms with Gasteiger partial charge in [-0.1, -0.05) is 0 Å². The van der Waals surface area contributed by atoms with Crippen LogP contribution in [0.1, 0.15) is 36.5 Å². The van der Waals surface area contributed by atoms with Gasteiger partial charge in [0.1, 0.15) is 5.75 Å². The highest BCUT2D eigenvalue weighted by molar-refractivity contribution is 7.80. The third-order valence-electron chi connectivity index (χ3n) is 3.21. The smallest absolute Gasteiger partial charge is 0.184 e. The van der Waals surface area contributed by atoms with Gasteiger partial charge in [-0.25, -0.2) is 0 Å². The first-order valence-electron chi connectivity index (χ1n) is 6.58. The summed E-state index contributed by atoms with van der Waals surface area (Å²) in [5.41, 5.74) is 11.7. The Hall–Kier alpha value is -1.62. The number of nitrogens with one attached hydrogen (secondary N) is 1. The molecule has 1 aromatic carbocycles. The van der Waals surface area contributed by atoms with Gasteiger partial charge in [0.15, 0.2) is 5.11 Å². The van der Waals surface area contributed by atoms with E-state index < -0.39 is 0 Å². The van der Waals surface area contributed by atoms with Gasteiger partial charge in [-0.2, -0.15) is 5.10 Å². The number of thiocarbonyl (C=S) groups is 1. The van der Waals surface area contributed by atoms with Crippen molar-refractivity contribution >= 4 is 23.5 Å². The second-order valence-electron chi connectivity index (χ2n) is 4.48. The van der Waals surface area contributed by atoms with E-state index in [0.717, 1.165) is 24.2 Å². The van der Waals surface area contributed by atoms with E-state index >= 15 is 0 Å². The molecule has 0 saturated heterocycles. The number of nitrogens with zero attached hydrogens (tertiary/aromatic N) is 1. The molecule has 1 aliphatic rings. The molecule has 0 radical (unpaired) electrons. The van der Waals surface area contributed by atoms with Gasteiger partial charge in [0.05, 0.1) is 12.8 Å². The van der Waals surface area contributed by atoms with Crippen molar-refractivity contribution < 1.29 is 4.74 Å². The maximum atomic E-state index is 5.70. The fraction of sp³-hybridized carbons (Fsp3) is 0.429. The topological polar surface area (TPSA) is 59.6 Å². The first-order chi connectivity index (χ1) is 9.22. The standard InChI is InChI=1S/C14H19N3OS/c1-2-18-13-8-7-10(9-16-17-14(15)19)11-5-3-4-6-12(11)13/h7-9H,2-6H2,1H3,(H3,15,17,19). The maximum Gasteiger partial charge on any atom is 0.184 e. The van der Waals surface area contributed by atoms with Gasteiger partial charge in [-0.05, 0) is 73.6 Å². The van der Waals surface area contributed by atoms with Crippen LogP contribution < -0.4 is 15.9 Å². The summed E-state index contributed by atoms with van der Waals surface area (Å²) in [5, 5.41) is 4.22. The van der Waals surface area contributed by atoms with Gasteiger partial charge >= 0.3 is 0 Å². The molecule has 3 N–H and O–H groups in total. The number of hydrogen-bond acceptors (Lipinski definition) is 3. The van der Waals surface area contributed by atoms with E-state index in [9.17, 15) is 0 Å². The summed E-state index contributed by atoms with van der Waals surface area (Å²) in [7, 11) is 0. The lowest BCUT2D eigenvalue weighted by Gasteiger charge is -2.21. The molecule has 0 bridgehead atoms. The predicted octanol–water partition coefficient (Wildman–Crippen LogP) is 2.13. The van der Waals surface area contributed by atoms with Crippen LogP contribution >= 0.6 is 12.2 Å². The SMILES string of the molecule is CCOc1ccc(C=NNC(N)=S)c2c1CCCC2. The molecule has 0 spiro atoms. The predicted molar refractivity (Wildman–Crippen MR) is 81.8 cm³/mol. The minimum Gasteiger partial charge on any atom is -0.494 e. The molecule has 1 aliphatic carbocycles. The second-order valence-corrected chi connectivity index (χ2v) is 4.92. The Morgan fingerprint density at radius 2 is 2.16 bits per heavy atom.